The SMILES string of the molecule is CC/C=C/C(=O)[C@@H]1C[C@H](C)CC[C@H]1C(C)(C)c1ccc2ccccc2c1. The van der Waals surface area contributed by atoms with E-state index in [0.717, 1.165) is 19.3 Å². The zero-order valence-corrected chi connectivity index (χ0v) is 16.7. The molecule has 0 amide bonds. The van der Waals surface area contributed by atoms with Gasteiger partial charge < -0.3 is 0 Å². The van der Waals surface area contributed by atoms with Gasteiger partial charge >= 0.3 is 0 Å². The molecule has 3 rings (SSSR count). The van der Waals surface area contributed by atoms with Crippen molar-refractivity contribution in [2.24, 2.45) is 17.8 Å². The third-order valence-corrected chi connectivity index (χ3v) is 6.42. The average molecular weight is 349 g/mol. The summed E-state index contributed by atoms with van der Waals surface area (Å²) < 4.78 is 0. The first kappa shape index (κ1) is 18.9. The largest absolute Gasteiger partial charge is 0.295 e. The molecule has 138 valence electrons. The Labute approximate surface area is 158 Å². The van der Waals surface area contributed by atoms with Crippen LogP contribution in [0.4, 0.5) is 0 Å². The molecule has 0 aliphatic heterocycles. The number of fused-ring (bicyclic) bond motifs is 1. The van der Waals surface area contributed by atoms with Crippen molar-refractivity contribution in [1.82, 2.24) is 0 Å². The van der Waals surface area contributed by atoms with Gasteiger partial charge in [-0.25, -0.2) is 0 Å². The Morgan fingerprint density at radius 2 is 1.85 bits per heavy atom. The third-order valence-electron chi connectivity index (χ3n) is 6.42. The molecule has 0 radical (unpaired) electrons. The van der Waals surface area contributed by atoms with E-state index in [1.165, 1.54) is 22.8 Å². The number of benzene rings is 2. The molecule has 1 nitrogen and oxygen atoms in total. The van der Waals surface area contributed by atoms with E-state index < -0.39 is 0 Å². The molecule has 26 heavy (non-hydrogen) atoms. The second kappa shape index (κ2) is 7.78. The smallest absolute Gasteiger partial charge is 0.158 e. The summed E-state index contributed by atoms with van der Waals surface area (Å²) in [5.41, 5.74) is 1.35. The van der Waals surface area contributed by atoms with Crippen molar-refractivity contribution in [2.75, 3.05) is 0 Å². The second-order valence-corrected chi connectivity index (χ2v) is 8.63. The Bertz CT molecular complexity index is 799. The Morgan fingerprint density at radius 3 is 2.58 bits per heavy atom. The quantitative estimate of drug-likeness (QED) is 0.549. The number of hydrogen-bond donors (Lipinski definition) is 0. The number of carbonyl (C=O) groups is 1. The van der Waals surface area contributed by atoms with Crippen LogP contribution in [0.2, 0.25) is 0 Å². The van der Waals surface area contributed by atoms with Gasteiger partial charge in [0.15, 0.2) is 5.78 Å². The van der Waals surface area contributed by atoms with E-state index in [1.54, 1.807) is 0 Å². The minimum absolute atomic E-state index is 0.00937. The van der Waals surface area contributed by atoms with Crippen LogP contribution < -0.4 is 0 Å². The van der Waals surface area contributed by atoms with Crippen LogP contribution in [0.1, 0.15) is 58.9 Å². The average Bonchev–Trinajstić information content (AvgIpc) is 2.65. The molecule has 1 heteroatoms. The monoisotopic (exact) mass is 348 g/mol. The zero-order chi connectivity index (χ0) is 18.7. The molecule has 0 N–H and O–H groups in total. The number of carbonyl (C=O) groups excluding carboxylic acids is 1. The fourth-order valence-electron chi connectivity index (χ4n) is 4.72. The molecule has 1 fully saturated rings. The van der Waals surface area contributed by atoms with Crippen LogP contribution in [-0.4, -0.2) is 5.78 Å². The normalized spacial score (nSPS) is 24.2. The molecule has 1 saturated carbocycles. The topological polar surface area (TPSA) is 17.1 Å². The molecule has 0 spiro atoms. The molecule has 0 heterocycles. The Balaban J connectivity index is 1.95. The van der Waals surface area contributed by atoms with Crippen LogP contribution in [0, 0.1) is 17.8 Å². The predicted molar refractivity (Wildman–Crippen MR) is 111 cm³/mol. The molecule has 0 unspecified atom stereocenters. The summed E-state index contributed by atoms with van der Waals surface area (Å²) in [5.74, 6) is 1.51. The first-order valence-electron chi connectivity index (χ1n) is 10.1. The fraction of sp³-hybridized carbons (Fsp3) is 0.480. The van der Waals surface area contributed by atoms with E-state index in [9.17, 15) is 4.79 Å². The summed E-state index contributed by atoms with van der Waals surface area (Å²) in [4.78, 5) is 12.9. The molecule has 1 aliphatic carbocycles. The van der Waals surface area contributed by atoms with Crippen molar-refractivity contribution in [1.29, 1.82) is 0 Å². The summed E-state index contributed by atoms with van der Waals surface area (Å²) in [6.07, 6.45) is 8.16. The van der Waals surface area contributed by atoms with Crippen molar-refractivity contribution in [3.63, 3.8) is 0 Å². The maximum Gasteiger partial charge on any atom is 0.158 e. The second-order valence-electron chi connectivity index (χ2n) is 8.63. The van der Waals surface area contributed by atoms with Gasteiger partial charge in [-0.05, 0) is 58.9 Å². The van der Waals surface area contributed by atoms with Crippen molar-refractivity contribution < 1.29 is 4.79 Å². The molecule has 0 bridgehead atoms. The molecule has 1 aliphatic rings. The minimum Gasteiger partial charge on any atom is -0.295 e. The first-order valence-corrected chi connectivity index (χ1v) is 10.1. The molecule has 3 atom stereocenters. The maximum absolute atomic E-state index is 12.9. The number of hydrogen-bond acceptors (Lipinski definition) is 1. The van der Waals surface area contributed by atoms with Gasteiger partial charge in [0, 0.05) is 5.92 Å². The van der Waals surface area contributed by atoms with Crippen LogP contribution >= 0.6 is 0 Å². The van der Waals surface area contributed by atoms with E-state index >= 15 is 0 Å². The Morgan fingerprint density at radius 1 is 1.12 bits per heavy atom. The molecule has 0 saturated heterocycles. The Hall–Kier alpha value is -1.89. The van der Waals surface area contributed by atoms with E-state index in [0.29, 0.717) is 17.6 Å². The van der Waals surface area contributed by atoms with Crippen LogP contribution in [0.15, 0.2) is 54.6 Å². The van der Waals surface area contributed by atoms with Gasteiger partial charge in [0.2, 0.25) is 0 Å². The van der Waals surface area contributed by atoms with Crippen molar-refractivity contribution in [2.45, 2.75) is 58.8 Å². The van der Waals surface area contributed by atoms with Gasteiger partial charge in [0.05, 0.1) is 0 Å². The molecular formula is C25H32O. The summed E-state index contributed by atoms with van der Waals surface area (Å²) >= 11 is 0. The minimum atomic E-state index is -0.00937. The Kier molecular flexibility index (Phi) is 5.65. The van der Waals surface area contributed by atoms with E-state index in [2.05, 4.69) is 70.2 Å². The highest BCUT2D eigenvalue weighted by Gasteiger charge is 2.42. The molecule has 2 aromatic rings. The predicted octanol–water partition coefficient (Wildman–Crippen LogP) is 6.71. The van der Waals surface area contributed by atoms with Crippen molar-refractivity contribution in [3.8, 4) is 0 Å². The summed E-state index contributed by atoms with van der Waals surface area (Å²) in [5, 5.41) is 2.57. The molecule has 0 aromatic heterocycles. The lowest BCUT2D eigenvalue weighted by Crippen LogP contribution is -2.41. The van der Waals surface area contributed by atoms with Crippen LogP contribution in [-0.2, 0) is 10.2 Å². The highest BCUT2D eigenvalue weighted by atomic mass is 16.1. The lowest BCUT2D eigenvalue weighted by Gasteiger charge is -2.44. The molecule has 2 aromatic carbocycles. The van der Waals surface area contributed by atoms with Crippen molar-refractivity contribution >= 4 is 16.6 Å². The lowest BCUT2D eigenvalue weighted by atomic mass is 9.60. The van der Waals surface area contributed by atoms with Gasteiger partial charge in [-0.2, -0.15) is 0 Å². The lowest BCUT2D eigenvalue weighted by molar-refractivity contribution is -0.122. The zero-order valence-electron chi connectivity index (χ0n) is 16.7. The highest BCUT2D eigenvalue weighted by Crippen LogP contribution is 2.46. The first-order chi connectivity index (χ1) is 12.4. The molecular weight excluding hydrogens is 316 g/mol. The van der Waals surface area contributed by atoms with Gasteiger partial charge in [-0.1, -0.05) is 82.7 Å². The van der Waals surface area contributed by atoms with Gasteiger partial charge in [-0.3, -0.25) is 4.79 Å². The third kappa shape index (κ3) is 3.77. The van der Waals surface area contributed by atoms with Crippen LogP contribution in [0.3, 0.4) is 0 Å². The van der Waals surface area contributed by atoms with Crippen LogP contribution in [0.5, 0.6) is 0 Å². The standard InChI is InChI=1S/C25H32O/c1-5-6-11-24(26)22-16-18(2)12-15-23(22)25(3,4)21-14-13-19-9-7-8-10-20(19)17-21/h6-11,13-14,17-18,22-23H,5,12,15-16H2,1-4H3/b11-6+/t18-,22-,23-/m1/s1. The van der Waals surface area contributed by atoms with E-state index in [1.807, 2.05) is 12.2 Å². The number of allylic oxidation sites excluding steroid dienone is 2. The van der Waals surface area contributed by atoms with E-state index in [-0.39, 0.29) is 11.3 Å². The maximum atomic E-state index is 12.9. The van der Waals surface area contributed by atoms with E-state index in [4.69, 9.17) is 0 Å². The summed E-state index contributed by atoms with van der Waals surface area (Å²) in [6.45, 7) is 9.05. The number of rotatable bonds is 5. The fourth-order valence-corrected chi connectivity index (χ4v) is 4.72. The van der Waals surface area contributed by atoms with Gasteiger partial charge in [-0.15, -0.1) is 0 Å². The van der Waals surface area contributed by atoms with Gasteiger partial charge in [0.1, 0.15) is 0 Å². The van der Waals surface area contributed by atoms with Crippen molar-refractivity contribution in [3.05, 3.63) is 60.2 Å². The van der Waals surface area contributed by atoms with Crippen LogP contribution in [0.25, 0.3) is 10.8 Å². The summed E-state index contributed by atoms with van der Waals surface area (Å²) in [6, 6.07) is 15.4. The summed E-state index contributed by atoms with van der Waals surface area (Å²) in [7, 11) is 0. The number of ketones is 1. The highest BCUT2D eigenvalue weighted by molar-refractivity contribution is 5.92. The van der Waals surface area contributed by atoms with Gasteiger partial charge in [0.25, 0.3) is 0 Å².